The fraction of sp³-hybridized carbons (Fsp3) is 0.562. The summed E-state index contributed by atoms with van der Waals surface area (Å²) in [6.07, 6.45) is 6.62. The van der Waals surface area contributed by atoms with E-state index >= 15 is 0 Å². The summed E-state index contributed by atoms with van der Waals surface area (Å²) in [6.45, 7) is 4.80. The van der Waals surface area contributed by atoms with Crippen molar-refractivity contribution in [3.63, 3.8) is 0 Å². The lowest BCUT2D eigenvalue weighted by molar-refractivity contribution is 0.0984. The highest BCUT2D eigenvalue weighted by molar-refractivity contribution is 5.98. The van der Waals surface area contributed by atoms with E-state index in [1.165, 1.54) is 25.7 Å². The average Bonchev–Trinajstić information content (AvgIpc) is 2.42. The second-order valence-electron chi connectivity index (χ2n) is 4.54. The van der Waals surface area contributed by atoms with Gasteiger partial charge in [-0.15, -0.1) is 0 Å². The molecule has 0 aliphatic heterocycles. The molecule has 0 bridgehead atoms. The van der Waals surface area contributed by atoms with Crippen LogP contribution in [0.2, 0.25) is 0 Å². The Morgan fingerprint density at radius 1 is 1.06 bits per heavy atom. The standard InChI is InChI=1S/C16H24O2/c1-3-5-6-7-10-13-18-16-12-9-8-11-14(16)15(17)4-2/h8-9,11-12H,3-7,10,13H2,1-2H3. The van der Waals surface area contributed by atoms with E-state index in [9.17, 15) is 4.79 Å². The first-order chi connectivity index (χ1) is 8.79. The molecule has 1 rings (SSSR count). The summed E-state index contributed by atoms with van der Waals surface area (Å²) in [5.74, 6) is 0.886. The Morgan fingerprint density at radius 2 is 1.78 bits per heavy atom. The van der Waals surface area contributed by atoms with Crippen LogP contribution in [0.25, 0.3) is 0 Å². The van der Waals surface area contributed by atoms with Crippen LogP contribution in [0.4, 0.5) is 0 Å². The molecule has 18 heavy (non-hydrogen) atoms. The van der Waals surface area contributed by atoms with E-state index in [1.807, 2.05) is 31.2 Å². The van der Waals surface area contributed by atoms with Gasteiger partial charge < -0.3 is 4.74 Å². The molecule has 0 saturated carbocycles. The second kappa shape index (κ2) is 8.73. The Kier molecular flexibility index (Phi) is 7.16. The van der Waals surface area contributed by atoms with Crippen LogP contribution in [0.1, 0.15) is 62.7 Å². The highest BCUT2D eigenvalue weighted by atomic mass is 16.5. The van der Waals surface area contributed by atoms with Crippen LogP contribution in [-0.2, 0) is 0 Å². The van der Waals surface area contributed by atoms with Gasteiger partial charge in [0.05, 0.1) is 12.2 Å². The molecule has 0 spiro atoms. The number of ketones is 1. The average molecular weight is 248 g/mol. The molecular formula is C16H24O2. The zero-order valence-electron chi connectivity index (χ0n) is 11.6. The molecule has 2 heteroatoms. The zero-order valence-corrected chi connectivity index (χ0v) is 11.6. The van der Waals surface area contributed by atoms with E-state index in [0.717, 1.165) is 12.2 Å². The predicted molar refractivity (Wildman–Crippen MR) is 75.3 cm³/mol. The highest BCUT2D eigenvalue weighted by Gasteiger charge is 2.09. The third-order valence-corrected chi connectivity index (χ3v) is 3.01. The van der Waals surface area contributed by atoms with Gasteiger partial charge >= 0.3 is 0 Å². The summed E-state index contributed by atoms with van der Waals surface area (Å²) in [4.78, 5) is 11.7. The van der Waals surface area contributed by atoms with Gasteiger partial charge in [0.1, 0.15) is 5.75 Å². The molecule has 0 aliphatic rings. The van der Waals surface area contributed by atoms with Crippen LogP contribution in [-0.4, -0.2) is 12.4 Å². The Hall–Kier alpha value is -1.31. The Morgan fingerprint density at radius 3 is 2.50 bits per heavy atom. The van der Waals surface area contributed by atoms with Gasteiger partial charge in [0.25, 0.3) is 0 Å². The Labute approximate surface area is 110 Å². The Bertz CT molecular complexity index is 358. The quantitative estimate of drug-likeness (QED) is 0.470. The minimum atomic E-state index is 0.150. The van der Waals surface area contributed by atoms with Crippen LogP contribution in [0.3, 0.4) is 0 Å². The van der Waals surface area contributed by atoms with Gasteiger partial charge in [-0.3, -0.25) is 4.79 Å². The van der Waals surface area contributed by atoms with Crippen molar-refractivity contribution in [2.24, 2.45) is 0 Å². The van der Waals surface area contributed by atoms with Gasteiger partial charge in [0, 0.05) is 6.42 Å². The summed E-state index contributed by atoms with van der Waals surface area (Å²) in [5, 5.41) is 0. The number of unbranched alkanes of at least 4 members (excludes halogenated alkanes) is 4. The van der Waals surface area contributed by atoms with Crippen molar-refractivity contribution in [2.45, 2.75) is 52.4 Å². The molecule has 0 N–H and O–H groups in total. The predicted octanol–water partition coefficient (Wildman–Crippen LogP) is 4.63. The molecule has 1 aromatic carbocycles. The Balaban J connectivity index is 2.39. The molecule has 0 fully saturated rings. The fourth-order valence-corrected chi connectivity index (χ4v) is 1.90. The third kappa shape index (κ3) is 4.91. The van der Waals surface area contributed by atoms with Crippen molar-refractivity contribution in [1.29, 1.82) is 0 Å². The normalized spacial score (nSPS) is 10.3. The first-order valence-corrected chi connectivity index (χ1v) is 7.04. The monoisotopic (exact) mass is 248 g/mol. The molecule has 0 atom stereocenters. The highest BCUT2D eigenvalue weighted by Crippen LogP contribution is 2.20. The van der Waals surface area contributed by atoms with Crippen molar-refractivity contribution in [3.05, 3.63) is 29.8 Å². The SMILES string of the molecule is CCCCCCCOc1ccccc1C(=O)CC. The lowest BCUT2D eigenvalue weighted by Gasteiger charge is -2.10. The summed E-state index contributed by atoms with van der Waals surface area (Å²) in [6, 6.07) is 7.53. The van der Waals surface area contributed by atoms with Gasteiger partial charge in [0.15, 0.2) is 5.78 Å². The molecule has 0 heterocycles. The summed E-state index contributed by atoms with van der Waals surface area (Å²) in [7, 11) is 0. The van der Waals surface area contributed by atoms with E-state index in [-0.39, 0.29) is 5.78 Å². The van der Waals surface area contributed by atoms with E-state index in [2.05, 4.69) is 6.92 Å². The van der Waals surface area contributed by atoms with Gasteiger partial charge in [-0.05, 0) is 18.6 Å². The minimum absolute atomic E-state index is 0.150. The maximum absolute atomic E-state index is 11.7. The number of hydrogen-bond acceptors (Lipinski definition) is 2. The maximum Gasteiger partial charge on any atom is 0.166 e. The van der Waals surface area contributed by atoms with Crippen molar-refractivity contribution in [2.75, 3.05) is 6.61 Å². The van der Waals surface area contributed by atoms with Crippen LogP contribution in [0.5, 0.6) is 5.75 Å². The number of benzene rings is 1. The smallest absolute Gasteiger partial charge is 0.166 e. The van der Waals surface area contributed by atoms with Gasteiger partial charge in [-0.25, -0.2) is 0 Å². The van der Waals surface area contributed by atoms with Crippen LogP contribution in [0, 0.1) is 0 Å². The largest absolute Gasteiger partial charge is 0.493 e. The maximum atomic E-state index is 11.7. The molecule has 0 amide bonds. The van der Waals surface area contributed by atoms with Gasteiger partial charge in [0.2, 0.25) is 0 Å². The van der Waals surface area contributed by atoms with Crippen molar-refractivity contribution < 1.29 is 9.53 Å². The van der Waals surface area contributed by atoms with Gasteiger partial charge in [-0.1, -0.05) is 51.7 Å². The number of para-hydroxylation sites is 1. The van der Waals surface area contributed by atoms with E-state index < -0.39 is 0 Å². The van der Waals surface area contributed by atoms with Gasteiger partial charge in [-0.2, -0.15) is 0 Å². The molecular weight excluding hydrogens is 224 g/mol. The van der Waals surface area contributed by atoms with E-state index in [4.69, 9.17) is 4.74 Å². The lowest BCUT2D eigenvalue weighted by Crippen LogP contribution is -2.04. The van der Waals surface area contributed by atoms with Crippen LogP contribution in [0.15, 0.2) is 24.3 Å². The molecule has 2 nitrogen and oxygen atoms in total. The molecule has 0 saturated heterocycles. The molecule has 0 aromatic heterocycles. The number of hydrogen-bond donors (Lipinski definition) is 0. The lowest BCUT2D eigenvalue weighted by atomic mass is 10.1. The summed E-state index contributed by atoms with van der Waals surface area (Å²) < 4.78 is 5.72. The minimum Gasteiger partial charge on any atom is -0.493 e. The summed E-state index contributed by atoms with van der Waals surface area (Å²) >= 11 is 0. The number of carbonyl (C=O) groups excluding carboxylic acids is 1. The fourth-order valence-electron chi connectivity index (χ4n) is 1.90. The van der Waals surface area contributed by atoms with Crippen molar-refractivity contribution in [3.8, 4) is 5.75 Å². The molecule has 1 aromatic rings. The molecule has 100 valence electrons. The second-order valence-corrected chi connectivity index (χ2v) is 4.54. The van der Waals surface area contributed by atoms with Crippen LogP contribution < -0.4 is 4.74 Å². The van der Waals surface area contributed by atoms with Crippen molar-refractivity contribution >= 4 is 5.78 Å². The molecule has 0 radical (unpaired) electrons. The number of rotatable bonds is 9. The number of ether oxygens (including phenoxy) is 1. The number of Topliss-reactive ketones (excluding diaryl/α,β-unsaturated/α-hetero) is 1. The molecule has 0 unspecified atom stereocenters. The first-order valence-electron chi connectivity index (χ1n) is 7.04. The topological polar surface area (TPSA) is 26.3 Å². The van der Waals surface area contributed by atoms with Crippen molar-refractivity contribution in [1.82, 2.24) is 0 Å². The van der Waals surface area contributed by atoms with E-state index in [0.29, 0.717) is 18.6 Å². The third-order valence-electron chi connectivity index (χ3n) is 3.01. The zero-order chi connectivity index (χ0) is 13.2. The van der Waals surface area contributed by atoms with Crippen LogP contribution >= 0.6 is 0 Å². The first kappa shape index (κ1) is 14.7. The number of carbonyl (C=O) groups is 1. The molecule has 0 aliphatic carbocycles. The summed E-state index contributed by atoms with van der Waals surface area (Å²) in [5.41, 5.74) is 0.716. The van der Waals surface area contributed by atoms with E-state index in [1.54, 1.807) is 0 Å².